The van der Waals surface area contributed by atoms with Crippen LogP contribution in [0.25, 0.3) is 0 Å². The van der Waals surface area contributed by atoms with Gasteiger partial charge < -0.3 is 10.2 Å². The lowest BCUT2D eigenvalue weighted by Crippen LogP contribution is -2.50. The standard InChI is InChI=1S/C15H22N4O/c1-4-8-17-14(20)15(3)7-5-10-19(11-15)13-6-9-16-12(2)18-13/h4,6,9H,1,5,7-8,10-11H2,2-3H3,(H,17,20)/t15-/m0/s1. The van der Waals surface area contributed by atoms with Crippen molar-refractivity contribution in [3.05, 3.63) is 30.7 Å². The fraction of sp³-hybridized carbons (Fsp3) is 0.533. The quantitative estimate of drug-likeness (QED) is 0.849. The van der Waals surface area contributed by atoms with Crippen molar-refractivity contribution in [2.75, 3.05) is 24.5 Å². The molecule has 5 nitrogen and oxygen atoms in total. The number of hydrogen-bond acceptors (Lipinski definition) is 4. The molecule has 5 heteroatoms. The third kappa shape index (κ3) is 3.15. The number of piperidine rings is 1. The van der Waals surface area contributed by atoms with E-state index in [1.54, 1.807) is 12.3 Å². The van der Waals surface area contributed by atoms with Crippen LogP contribution in [-0.4, -0.2) is 35.5 Å². The van der Waals surface area contributed by atoms with Gasteiger partial charge in [-0.3, -0.25) is 4.79 Å². The van der Waals surface area contributed by atoms with Crippen LogP contribution >= 0.6 is 0 Å². The summed E-state index contributed by atoms with van der Waals surface area (Å²) >= 11 is 0. The van der Waals surface area contributed by atoms with Crippen LogP contribution in [-0.2, 0) is 4.79 Å². The van der Waals surface area contributed by atoms with Crippen LogP contribution in [0.1, 0.15) is 25.6 Å². The summed E-state index contributed by atoms with van der Waals surface area (Å²) in [7, 11) is 0. The number of aromatic nitrogens is 2. The second-order valence-corrected chi connectivity index (χ2v) is 5.55. The molecule has 0 aromatic carbocycles. The first-order valence-corrected chi connectivity index (χ1v) is 6.99. The Labute approximate surface area is 120 Å². The predicted molar refractivity (Wildman–Crippen MR) is 79.5 cm³/mol. The van der Waals surface area contributed by atoms with E-state index in [4.69, 9.17) is 0 Å². The van der Waals surface area contributed by atoms with Gasteiger partial charge in [0.05, 0.1) is 5.41 Å². The molecule has 108 valence electrons. The highest BCUT2D eigenvalue weighted by molar-refractivity contribution is 5.83. The molecule has 1 amide bonds. The summed E-state index contributed by atoms with van der Waals surface area (Å²) < 4.78 is 0. The number of amides is 1. The lowest BCUT2D eigenvalue weighted by atomic mass is 9.81. The van der Waals surface area contributed by atoms with Crippen LogP contribution in [0, 0.1) is 12.3 Å². The van der Waals surface area contributed by atoms with Crippen LogP contribution in [0.5, 0.6) is 0 Å². The van der Waals surface area contributed by atoms with Crippen molar-refractivity contribution < 1.29 is 4.79 Å². The molecule has 0 bridgehead atoms. The number of aryl methyl sites for hydroxylation is 1. The summed E-state index contributed by atoms with van der Waals surface area (Å²) in [5.74, 6) is 1.75. The lowest BCUT2D eigenvalue weighted by molar-refractivity contribution is -0.130. The molecule has 1 aliphatic heterocycles. The molecule has 0 unspecified atom stereocenters. The van der Waals surface area contributed by atoms with Gasteiger partial charge in [0.1, 0.15) is 11.6 Å². The molecular weight excluding hydrogens is 252 g/mol. The zero-order chi connectivity index (χ0) is 14.6. The molecule has 2 heterocycles. The average molecular weight is 274 g/mol. The van der Waals surface area contributed by atoms with E-state index in [1.807, 2.05) is 19.9 Å². The zero-order valence-corrected chi connectivity index (χ0v) is 12.2. The van der Waals surface area contributed by atoms with Crippen molar-refractivity contribution in [2.45, 2.75) is 26.7 Å². The average Bonchev–Trinajstić information content (AvgIpc) is 2.44. The van der Waals surface area contributed by atoms with E-state index in [0.29, 0.717) is 13.1 Å². The van der Waals surface area contributed by atoms with Gasteiger partial charge in [-0.25, -0.2) is 9.97 Å². The molecule has 2 rings (SSSR count). The SMILES string of the molecule is C=CCNC(=O)[C@@]1(C)CCCN(c2ccnc(C)n2)C1. The van der Waals surface area contributed by atoms with Crippen LogP contribution in [0.4, 0.5) is 5.82 Å². The number of rotatable bonds is 4. The smallest absolute Gasteiger partial charge is 0.227 e. The fourth-order valence-electron chi connectivity index (χ4n) is 2.62. The minimum atomic E-state index is -0.375. The first-order chi connectivity index (χ1) is 9.55. The summed E-state index contributed by atoms with van der Waals surface area (Å²) in [5.41, 5.74) is -0.375. The molecule has 20 heavy (non-hydrogen) atoms. The summed E-state index contributed by atoms with van der Waals surface area (Å²) in [6.45, 7) is 9.66. The molecule has 1 aromatic rings. The lowest BCUT2D eigenvalue weighted by Gasteiger charge is -2.39. The van der Waals surface area contributed by atoms with E-state index in [0.717, 1.165) is 31.0 Å². The third-order valence-corrected chi connectivity index (χ3v) is 3.74. The zero-order valence-electron chi connectivity index (χ0n) is 12.2. The summed E-state index contributed by atoms with van der Waals surface area (Å²) in [4.78, 5) is 23.0. The Morgan fingerprint density at radius 3 is 3.15 bits per heavy atom. The minimum Gasteiger partial charge on any atom is -0.355 e. The van der Waals surface area contributed by atoms with Gasteiger partial charge in [0.25, 0.3) is 0 Å². The van der Waals surface area contributed by atoms with E-state index in [-0.39, 0.29) is 11.3 Å². The van der Waals surface area contributed by atoms with Crippen molar-refractivity contribution in [3.8, 4) is 0 Å². The Morgan fingerprint density at radius 2 is 2.45 bits per heavy atom. The number of nitrogens with zero attached hydrogens (tertiary/aromatic N) is 3. The largest absolute Gasteiger partial charge is 0.355 e. The van der Waals surface area contributed by atoms with Gasteiger partial charge in [0.2, 0.25) is 5.91 Å². The van der Waals surface area contributed by atoms with Crippen LogP contribution in [0.3, 0.4) is 0 Å². The monoisotopic (exact) mass is 274 g/mol. The Bertz CT molecular complexity index is 502. The van der Waals surface area contributed by atoms with Crippen molar-refractivity contribution in [1.82, 2.24) is 15.3 Å². The van der Waals surface area contributed by atoms with E-state index in [9.17, 15) is 4.79 Å². The molecule has 1 aliphatic rings. The first-order valence-electron chi connectivity index (χ1n) is 6.99. The molecule has 1 aromatic heterocycles. The van der Waals surface area contributed by atoms with E-state index < -0.39 is 0 Å². The Kier molecular flexibility index (Phi) is 4.37. The minimum absolute atomic E-state index is 0.0906. The summed E-state index contributed by atoms with van der Waals surface area (Å²) in [5, 5.41) is 2.91. The van der Waals surface area contributed by atoms with Gasteiger partial charge in [0, 0.05) is 25.8 Å². The first kappa shape index (κ1) is 14.5. The van der Waals surface area contributed by atoms with Crippen molar-refractivity contribution in [3.63, 3.8) is 0 Å². The molecule has 1 saturated heterocycles. The number of nitrogens with one attached hydrogen (secondary N) is 1. The number of hydrogen-bond donors (Lipinski definition) is 1. The van der Waals surface area contributed by atoms with Crippen LogP contribution in [0.2, 0.25) is 0 Å². The van der Waals surface area contributed by atoms with E-state index in [1.165, 1.54) is 0 Å². The van der Waals surface area contributed by atoms with Crippen molar-refractivity contribution in [1.29, 1.82) is 0 Å². The highest BCUT2D eigenvalue weighted by atomic mass is 16.2. The second-order valence-electron chi connectivity index (χ2n) is 5.55. The van der Waals surface area contributed by atoms with Gasteiger partial charge in [-0.2, -0.15) is 0 Å². The predicted octanol–water partition coefficient (Wildman–Crippen LogP) is 1.69. The number of carbonyl (C=O) groups excluding carboxylic acids is 1. The third-order valence-electron chi connectivity index (χ3n) is 3.74. The van der Waals surface area contributed by atoms with Crippen LogP contribution in [0.15, 0.2) is 24.9 Å². The second kappa shape index (κ2) is 6.03. The van der Waals surface area contributed by atoms with E-state index >= 15 is 0 Å². The molecule has 1 N–H and O–H groups in total. The van der Waals surface area contributed by atoms with Gasteiger partial charge in [0.15, 0.2) is 0 Å². The maximum absolute atomic E-state index is 12.3. The molecular formula is C15H22N4O. The van der Waals surface area contributed by atoms with Crippen molar-refractivity contribution in [2.24, 2.45) is 5.41 Å². The number of anilines is 1. The van der Waals surface area contributed by atoms with E-state index in [2.05, 4.69) is 26.8 Å². The maximum Gasteiger partial charge on any atom is 0.227 e. The van der Waals surface area contributed by atoms with Crippen LogP contribution < -0.4 is 10.2 Å². The summed E-state index contributed by atoms with van der Waals surface area (Å²) in [6.07, 6.45) is 5.36. The number of carbonyl (C=O) groups is 1. The highest BCUT2D eigenvalue weighted by Gasteiger charge is 2.37. The molecule has 0 spiro atoms. The molecule has 0 aliphatic carbocycles. The Morgan fingerprint density at radius 1 is 1.65 bits per heavy atom. The summed E-state index contributed by atoms with van der Waals surface area (Å²) in [6, 6.07) is 1.90. The van der Waals surface area contributed by atoms with Gasteiger partial charge >= 0.3 is 0 Å². The van der Waals surface area contributed by atoms with Gasteiger partial charge in [-0.1, -0.05) is 6.08 Å². The molecule has 0 radical (unpaired) electrons. The Balaban J connectivity index is 2.11. The van der Waals surface area contributed by atoms with Gasteiger partial charge in [-0.05, 0) is 32.8 Å². The maximum atomic E-state index is 12.3. The normalized spacial score (nSPS) is 22.4. The molecule has 1 fully saturated rings. The topological polar surface area (TPSA) is 58.1 Å². The van der Waals surface area contributed by atoms with Gasteiger partial charge in [-0.15, -0.1) is 6.58 Å². The van der Waals surface area contributed by atoms with Crippen molar-refractivity contribution >= 4 is 11.7 Å². The highest BCUT2D eigenvalue weighted by Crippen LogP contribution is 2.31. The molecule has 1 atom stereocenters. The Hall–Kier alpha value is -1.91. The fourth-order valence-corrected chi connectivity index (χ4v) is 2.62. The molecule has 0 saturated carbocycles.